The molecule has 10 rings (SSSR count). The van der Waals surface area contributed by atoms with Gasteiger partial charge in [0, 0.05) is 133 Å². The van der Waals surface area contributed by atoms with Gasteiger partial charge in [0.05, 0.1) is 72.0 Å². The number of carboxylic acids is 1. The molecule has 0 bridgehead atoms. The van der Waals surface area contributed by atoms with E-state index in [-0.39, 0.29) is 192 Å². The van der Waals surface area contributed by atoms with Gasteiger partial charge in [-0.05, 0) is 135 Å². The minimum absolute atomic E-state index is 0. The zero-order valence-electron chi connectivity index (χ0n) is 64.8. The molecular weight excluding hydrogens is 1630 g/mol. The van der Waals surface area contributed by atoms with Crippen molar-refractivity contribution in [3.8, 4) is 23.0 Å². The minimum Gasteiger partial charge on any atom is -0.870 e. The van der Waals surface area contributed by atoms with Crippen LogP contribution in [0.5, 0.6) is 23.0 Å². The van der Waals surface area contributed by atoms with Gasteiger partial charge in [-0.3, -0.25) is 43.5 Å². The number of piperidine rings is 4. The Kier molecular flexibility index (Phi) is 38.8. The number of hydrogen-bond acceptors (Lipinski definition) is 20. The first kappa shape index (κ1) is 97.8. The Labute approximate surface area is 721 Å². The van der Waals surface area contributed by atoms with Gasteiger partial charge in [0.25, 0.3) is 23.6 Å². The Balaban J connectivity index is 0.000000359. The Morgan fingerprint density at radius 2 is 0.939 bits per heavy atom. The third-order valence-corrected chi connectivity index (χ3v) is 22.3. The van der Waals surface area contributed by atoms with Gasteiger partial charge in [0.2, 0.25) is 11.2 Å². The molecule has 4 fully saturated rings. The second kappa shape index (κ2) is 45.2. The van der Waals surface area contributed by atoms with Gasteiger partial charge in [0.1, 0.15) is 23.0 Å². The summed E-state index contributed by atoms with van der Waals surface area (Å²) in [6.07, 6.45) is 0.0465. The van der Waals surface area contributed by atoms with E-state index in [4.69, 9.17) is 28.8 Å². The first-order valence-electron chi connectivity index (χ1n) is 37.6. The maximum absolute atomic E-state index is 14.9. The standard InChI is InChI=1S/C38H46F3N3O7S.C36H42F3N3O7S.C6H11BrO2.CH4.K.H2O/c1-4-10-32-37(51-27-23-26(3)52-25-27,15-9-19-44(32)34(46)28-24-42-18-14-29(28)38(39,40)41)35(47)43-20-16-36(48,17-21-43)30-11-6-7-12-31(30)50-22-8-13-33(45)49-5-2;1-3-8-30-35(49-25-21-24(2)50-23-25,13-7-17-42(30)32(45)26-22-40-16-12-27(26)36(37,38)39)33(46)41-18-14-34(47,15-19-41)28-9-4-5-10-29(28)48-20-6-11-31(43)44;1-2-9-6(8)4-3-5-7;;;/h6-7,11-12,14,18,23-25,32,48H,4-5,8-10,13,15-17,19-22H2,1-3H3;4-5,9-10,12,16,21-23,30,47H,3,6-8,11,13-15,17-20H2,1-2H3,(H,43,44);2-5H2,1H3;1H4;;1H2/q;;;;+1;/p-1/t32-,37+;30-,35+;;;;/m11..../s1. The van der Waals surface area contributed by atoms with Crippen LogP contribution in [0.3, 0.4) is 0 Å². The molecule has 4 aromatic heterocycles. The normalized spacial score (nSPS) is 19.1. The molecule has 4 atom stereocenters. The SMILES string of the molecule is C.CCC[C@H]1N(C(=O)c2cnccc2C(F)(F)F)CCC[C@@]1(Oc1csc(C)c1)C(=O)N1CCC(O)(c2ccccc2OCCCC(=O)O)CC1.CCC[C@H]1N(C(=O)c2cnccc2C(F)(F)F)CCC[C@@]1(Oc1csc(C)c1)C(=O)N1CCC(O)(c2ccccc2OCCCC(=O)OCC)CC1.CCOC(=O)CCCBr.[K+].[OH-]. The molecule has 4 N–H and O–H groups in total. The number of halogens is 7. The summed E-state index contributed by atoms with van der Waals surface area (Å²) in [5.74, 6) is -2.00. The molecule has 622 valence electrons. The van der Waals surface area contributed by atoms with Crippen molar-refractivity contribution in [2.45, 2.75) is 211 Å². The second-order valence-electron chi connectivity index (χ2n) is 27.8. The number of aliphatic hydroxyl groups is 2. The smallest absolute Gasteiger partial charge is 0.870 e. The quantitative estimate of drug-likeness (QED) is 0.0129. The summed E-state index contributed by atoms with van der Waals surface area (Å²) in [4.78, 5) is 107. The van der Waals surface area contributed by atoms with E-state index < -0.39 is 86.9 Å². The number of aryl methyl sites for hydroxylation is 2. The number of carboxylic acid groups (broad SMARTS) is 1. The van der Waals surface area contributed by atoms with Crippen molar-refractivity contribution >= 4 is 80.1 Å². The number of hydrogen-bond donors (Lipinski definition) is 3. The number of benzene rings is 2. The topological polar surface area (TPSA) is 304 Å². The molecule has 4 amide bonds. The van der Waals surface area contributed by atoms with E-state index in [1.807, 2.05) is 40.7 Å². The fraction of sp³-hybridized carbons (Fsp3) is 0.543. The van der Waals surface area contributed by atoms with Gasteiger partial charge in [-0.25, -0.2) is 0 Å². The summed E-state index contributed by atoms with van der Waals surface area (Å²) in [7, 11) is 0. The zero-order chi connectivity index (χ0) is 80.7. The van der Waals surface area contributed by atoms with Gasteiger partial charge < -0.3 is 68.8 Å². The number of para-hydroxylation sites is 2. The molecule has 114 heavy (non-hydrogen) atoms. The van der Waals surface area contributed by atoms with Crippen LogP contribution in [0.15, 0.2) is 108 Å². The Hall–Kier alpha value is -6.79. The van der Waals surface area contributed by atoms with E-state index in [0.717, 1.165) is 58.4 Å². The van der Waals surface area contributed by atoms with Crippen LogP contribution >= 0.6 is 38.6 Å². The molecule has 33 heteroatoms. The van der Waals surface area contributed by atoms with Gasteiger partial charge in [-0.2, -0.15) is 26.3 Å². The number of aromatic nitrogens is 2. The maximum atomic E-state index is 14.9. The Morgan fingerprint density at radius 3 is 1.28 bits per heavy atom. The van der Waals surface area contributed by atoms with Crippen molar-refractivity contribution < 1.29 is 161 Å². The van der Waals surface area contributed by atoms with Crippen molar-refractivity contribution in [3.63, 3.8) is 0 Å². The number of ether oxygens (including phenoxy) is 6. The fourth-order valence-corrected chi connectivity index (χ4v) is 16.3. The van der Waals surface area contributed by atoms with E-state index in [2.05, 4.69) is 30.6 Å². The molecule has 0 aliphatic carbocycles. The van der Waals surface area contributed by atoms with E-state index in [0.29, 0.717) is 105 Å². The Morgan fingerprint density at radius 1 is 0.561 bits per heavy atom. The first-order chi connectivity index (χ1) is 52.9. The molecule has 0 radical (unpaired) electrons. The summed E-state index contributed by atoms with van der Waals surface area (Å²) in [5.41, 5.74) is -8.07. The van der Waals surface area contributed by atoms with Crippen LogP contribution in [-0.4, -0.2) is 186 Å². The average molecular weight is 1730 g/mol. The van der Waals surface area contributed by atoms with E-state index >= 15 is 0 Å². The molecule has 0 saturated carbocycles. The van der Waals surface area contributed by atoms with E-state index in [9.17, 15) is 70.1 Å². The number of thiophene rings is 2. The molecule has 4 aliphatic heterocycles. The number of carbonyl (C=O) groups is 7. The number of amides is 4. The molecule has 6 aromatic rings. The summed E-state index contributed by atoms with van der Waals surface area (Å²) in [5, 5.41) is 37.2. The largest absolute Gasteiger partial charge is 1.00 e. The van der Waals surface area contributed by atoms with Crippen LogP contribution < -0.4 is 70.3 Å². The van der Waals surface area contributed by atoms with E-state index in [1.54, 1.807) is 82.1 Å². The summed E-state index contributed by atoms with van der Waals surface area (Å²) >= 11 is 6.09. The van der Waals surface area contributed by atoms with Crippen LogP contribution in [0, 0.1) is 13.8 Å². The summed E-state index contributed by atoms with van der Waals surface area (Å²) in [6, 6.07) is 17.6. The molecule has 4 saturated heterocycles. The van der Waals surface area contributed by atoms with E-state index in [1.165, 1.54) is 32.5 Å². The van der Waals surface area contributed by atoms with Crippen molar-refractivity contribution in [1.29, 1.82) is 0 Å². The van der Waals surface area contributed by atoms with Crippen LogP contribution in [0.2, 0.25) is 0 Å². The number of nitrogens with zero attached hydrogens (tertiary/aromatic N) is 6. The van der Waals surface area contributed by atoms with Crippen molar-refractivity contribution in [2.75, 3.05) is 71.0 Å². The maximum Gasteiger partial charge on any atom is 1.00 e. The predicted molar refractivity (Wildman–Crippen MR) is 416 cm³/mol. The number of rotatable bonds is 29. The Bertz CT molecular complexity index is 4100. The van der Waals surface area contributed by atoms with Crippen molar-refractivity contribution in [1.82, 2.24) is 29.6 Å². The molecule has 23 nitrogen and oxygen atoms in total. The minimum atomic E-state index is -4.78. The van der Waals surface area contributed by atoms with Crippen LogP contribution in [-0.2, 0) is 57.0 Å². The average Bonchev–Trinajstić information content (AvgIpc) is 0.895. The number of likely N-dealkylation sites (tertiary alicyclic amines) is 4. The number of carbonyl (C=O) groups excluding carboxylic acids is 6. The van der Waals surface area contributed by atoms with Crippen molar-refractivity contribution in [3.05, 3.63) is 151 Å². The molecule has 0 spiro atoms. The molecule has 0 unspecified atom stereocenters. The van der Waals surface area contributed by atoms with Gasteiger partial charge in [-0.15, -0.1) is 22.7 Å². The van der Waals surface area contributed by atoms with Gasteiger partial charge >= 0.3 is 81.6 Å². The van der Waals surface area contributed by atoms with Crippen molar-refractivity contribution in [2.24, 2.45) is 0 Å². The molecule has 4 aliphatic rings. The fourth-order valence-electron chi connectivity index (χ4n) is 14.8. The number of alkyl halides is 7. The predicted octanol–water partition coefficient (Wildman–Crippen LogP) is 12.6. The molecule has 2 aromatic carbocycles. The van der Waals surface area contributed by atoms with Gasteiger partial charge in [-0.1, -0.05) is 86.4 Å². The van der Waals surface area contributed by atoms with Crippen LogP contribution in [0.4, 0.5) is 26.3 Å². The third kappa shape index (κ3) is 25.1. The molecule has 8 heterocycles. The first-order valence-corrected chi connectivity index (χ1v) is 40.5. The monoisotopic (exact) mass is 1730 g/mol. The number of pyridine rings is 2. The summed E-state index contributed by atoms with van der Waals surface area (Å²) in [6.45, 7) is 13.2. The second-order valence-corrected chi connectivity index (χ2v) is 30.8. The van der Waals surface area contributed by atoms with Gasteiger partial charge in [0.15, 0.2) is 0 Å². The summed E-state index contributed by atoms with van der Waals surface area (Å²) < 4.78 is 119. The zero-order valence-corrected chi connectivity index (χ0v) is 71.1. The van der Waals surface area contributed by atoms with Crippen LogP contribution in [0.1, 0.15) is 203 Å². The number of aliphatic carboxylic acids is 1. The number of esters is 2. The van der Waals surface area contributed by atoms with Crippen LogP contribution in [0.25, 0.3) is 0 Å². The third-order valence-electron chi connectivity index (χ3n) is 20.1. The molecular formula is C81H104BrF6KN6O17S2.